The van der Waals surface area contributed by atoms with E-state index in [9.17, 15) is 24.4 Å². The Labute approximate surface area is 196 Å². The van der Waals surface area contributed by atoms with Crippen LogP contribution in [0.5, 0.6) is 0 Å². The summed E-state index contributed by atoms with van der Waals surface area (Å²) >= 11 is 0. The number of para-hydroxylation sites is 1. The lowest BCUT2D eigenvalue weighted by Gasteiger charge is -2.30. The molecule has 176 valence electrons. The summed E-state index contributed by atoms with van der Waals surface area (Å²) in [6.45, 7) is 5.20. The molecule has 2 saturated heterocycles. The van der Waals surface area contributed by atoms with Crippen LogP contribution in [-0.4, -0.2) is 59.1 Å². The van der Waals surface area contributed by atoms with Crippen LogP contribution in [0.4, 0.5) is 0 Å². The third-order valence-electron chi connectivity index (χ3n) is 7.94. The SMILES string of the molecule is CC1(C)[C@@H]2[C@@H](C(=O)N[C@H](C=O)C[C@@H]3CCNC3=O)N(C(=O)c3cc4cccc(C#N)c4[nH]3)C[C@@H]21. The van der Waals surface area contributed by atoms with Crippen LogP contribution < -0.4 is 10.6 Å². The molecule has 9 nitrogen and oxygen atoms in total. The maximum absolute atomic E-state index is 13.5. The lowest BCUT2D eigenvalue weighted by atomic mass is 9.97. The van der Waals surface area contributed by atoms with E-state index in [1.165, 1.54) is 0 Å². The fraction of sp³-hybridized carbons (Fsp3) is 0.480. The van der Waals surface area contributed by atoms with Gasteiger partial charge in [0.1, 0.15) is 24.1 Å². The highest BCUT2D eigenvalue weighted by atomic mass is 16.2. The smallest absolute Gasteiger partial charge is 0.271 e. The number of nitriles is 1. The summed E-state index contributed by atoms with van der Waals surface area (Å²) in [6.07, 6.45) is 1.55. The van der Waals surface area contributed by atoms with E-state index in [4.69, 9.17) is 0 Å². The van der Waals surface area contributed by atoms with Crippen molar-refractivity contribution in [3.63, 3.8) is 0 Å². The molecule has 3 amide bonds. The van der Waals surface area contributed by atoms with Gasteiger partial charge in [0, 0.05) is 24.4 Å². The molecule has 1 aliphatic carbocycles. The van der Waals surface area contributed by atoms with Crippen molar-refractivity contribution in [3.05, 3.63) is 35.5 Å². The van der Waals surface area contributed by atoms with Gasteiger partial charge < -0.3 is 25.3 Å². The molecule has 34 heavy (non-hydrogen) atoms. The number of hydrogen-bond donors (Lipinski definition) is 3. The summed E-state index contributed by atoms with van der Waals surface area (Å²) < 4.78 is 0. The third kappa shape index (κ3) is 3.45. The summed E-state index contributed by atoms with van der Waals surface area (Å²) in [6, 6.07) is 7.61. The molecule has 3 aliphatic rings. The molecule has 2 aliphatic heterocycles. The van der Waals surface area contributed by atoms with E-state index in [2.05, 4.69) is 35.5 Å². The van der Waals surface area contributed by atoms with Gasteiger partial charge in [-0.3, -0.25) is 14.4 Å². The monoisotopic (exact) mass is 461 g/mol. The van der Waals surface area contributed by atoms with Gasteiger partial charge in [0.2, 0.25) is 11.8 Å². The number of hydrogen-bond acceptors (Lipinski definition) is 5. The van der Waals surface area contributed by atoms with E-state index in [-0.39, 0.29) is 47.3 Å². The van der Waals surface area contributed by atoms with Crippen LogP contribution in [0, 0.1) is 34.5 Å². The Morgan fingerprint density at radius 1 is 1.38 bits per heavy atom. The van der Waals surface area contributed by atoms with Crippen molar-refractivity contribution < 1.29 is 19.2 Å². The number of aromatic amines is 1. The van der Waals surface area contributed by atoms with Gasteiger partial charge in [-0.25, -0.2) is 0 Å². The number of rotatable bonds is 6. The van der Waals surface area contributed by atoms with Crippen LogP contribution in [0.1, 0.15) is 42.7 Å². The fourth-order valence-electron chi connectivity index (χ4n) is 5.91. The molecule has 2 aromatic rings. The Hall–Kier alpha value is -3.67. The summed E-state index contributed by atoms with van der Waals surface area (Å²) in [4.78, 5) is 55.2. The second kappa shape index (κ2) is 7.97. The van der Waals surface area contributed by atoms with E-state index < -0.39 is 12.1 Å². The van der Waals surface area contributed by atoms with Crippen molar-refractivity contribution in [3.8, 4) is 6.07 Å². The number of H-pyrrole nitrogens is 1. The van der Waals surface area contributed by atoms with E-state index in [1.807, 2.05) is 6.07 Å². The molecule has 1 aromatic carbocycles. The largest absolute Gasteiger partial charge is 0.356 e. The number of aromatic nitrogens is 1. The van der Waals surface area contributed by atoms with Gasteiger partial charge in [0.05, 0.1) is 17.1 Å². The molecule has 0 radical (unpaired) electrons. The van der Waals surface area contributed by atoms with Gasteiger partial charge in [0.15, 0.2) is 0 Å². The first kappa shape index (κ1) is 22.1. The molecular formula is C25H27N5O4. The Kier molecular flexibility index (Phi) is 5.19. The number of benzene rings is 1. The standard InChI is InChI=1S/C25H27N5O4/c1-25(2)17-11-30(24(34)18-9-13-4-3-5-15(10-26)20(13)29-18)21(19(17)25)23(33)28-16(12-31)8-14-6-7-27-22(14)32/h3-5,9,12,14,16-17,19,21,29H,6-8,11H2,1-2H3,(H,27,32)(H,28,33)/t14-,16-,17-,19-,21-/m0/s1. The van der Waals surface area contributed by atoms with Gasteiger partial charge >= 0.3 is 0 Å². The second-order valence-corrected chi connectivity index (χ2v) is 10.2. The molecular weight excluding hydrogens is 434 g/mol. The van der Waals surface area contributed by atoms with Gasteiger partial charge in [-0.05, 0) is 42.2 Å². The molecule has 1 saturated carbocycles. The molecule has 5 atom stereocenters. The van der Waals surface area contributed by atoms with Crippen LogP contribution in [0.25, 0.3) is 10.9 Å². The molecule has 9 heteroatoms. The summed E-state index contributed by atoms with van der Waals surface area (Å²) in [5.41, 5.74) is 1.29. The number of piperidine rings is 1. The third-order valence-corrected chi connectivity index (χ3v) is 7.94. The van der Waals surface area contributed by atoms with Crippen molar-refractivity contribution in [2.75, 3.05) is 13.1 Å². The molecule has 5 rings (SSSR count). The zero-order valence-electron chi connectivity index (χ0n) is 19.1. The van der Waals surface area contributed by atoms with Gasteiger partial charge in [0.25, 0.3) is 5.91 Å². The van der Waals surface area contributed by atoms with E-state index in [0.29, 0.717) is 42.6 Å². The number of nitrogens with zero attached hydrogens (tertiary/aromatic N) is 2. The van der Waals surface area contributed by atoms with Gasteiger partial charge in [-0.15, -0.1) is 0 Å². The Balaban J connectivity index is 1.38. The number of carbonyl (C=O) groups excluding carboxylic acids is 4. The molecule has 3 N–H and O–H groups in total. The first-order valence-corrected chi connectivity index (χ1v) is 11.6. The fourth-order valence-corrected chi connectivity index (χ4v) is 5.91. The topological polar surface area (TPSA) is 135 Å². The maximum atomic E-state index is 13.5. The minimum Gasteiger partial charge on any atom is -0.356 e. The number of aldehydes is 1. The van der Waals surface area contributed by atoms with Crippen LogP contribution >= 0.6 is 0 Å². The molecule has 0 bridgehead atoms. The van der Waals surface area contributed by atoms with E-state index >= 15 is 0 Å². The quantitative estimate of drug-likeness (QED) is 0.558. The molecule has 1 aromatic heterocycles. The number of likely N-dealkylation sites (tertiary alicyclic amines) is 1. The van der Waals surface area contributed by atoms with Crippen molar-refractivity contribution in [2.24, 2.45) is 23.2 Å². The maximum Gasteiger partial charge on any atom is 0.271 e. The van der Waals surface area contributed by atoms with Crippen LogP contribution in [-0.2, 0) is 14.4 Å². The molecule has 0 spiro atoms. The first-order valence-electron chi connectivity index (χ1n) is 11.6. The Bertz CT molecular complexity index is 1240. The van der Waals surface area contributed by atoms with E-state index in [1.54, 1.807) is 23.1 Å². The number of nitrogens with one attached hydrogen (secondary N) is 3. The molecule has 0 unspecified atom stereocenters. The van der Waals surface area contributed by atoms with E-state index in [0.717, 1.165) is 5.39 Å². The highest BCUT2D eigenvalue weighted by Crippen LogP contribution is 2.65. The first-order chi connectivity index (χ1) is 16.3. The van der Waals surface area contributed by atoms with Crippen LogP contribution in [0.3, 0.4) is 0 Å². The minimum atomic E-state index is -0.787. The lowest BCUT2D eigenvalue weighted by Crippen LogP contribution is -2.52. The van der Waals surface area contributed by atoms with Gasteiger partial charge in [-0.1, -0.05) is 26.0 Å². The van der Waals surface area contributed by atoms with Crippen LogP contribution in [0.2, 0.25) is 0 Å². The zero-order chi connectivity index (χ0) is 24.2. The number of amides is 3. The van der Waals surface area contributed by atoms with Crippen molar-refractivity contribution >= 4 is 34.9 Å². The number of fused-ring (bicyclic) bond motifs is 2. The number of carbonyl (C=O) groups is 4. The lowest BCUT2D eigenvalue weighted by molar-refractivity contribution is -0.129. The molecule has 3 fully saturated rings. The zero-order valence-corrected chi connectivity index (χ0v) is 19.1. The summed E-state index contributed by atoms with van der Waals surface area (Å²) in [5.74, 6) is -0.878. The highest BCUT2D eigenvalue weighted by Gasteiger charge is 2.69. The second-order valence-electron chi connectivity index (χ2n) is 10.2. The predicted molar refractivity (Wildman–Crippen MR) is 122 cm³/mol. The average molecular weight is 462 g/mol. The van der Waals surface area contributed by atoms with Crippen molar-refractivity contribution in [2.45, 2.75) is 38.8 Å². The summed E-state index contributed by atoms with van der Waals surface area (Å²) in [7, 11) is 0. The van der Waals surface area contributed by atoms with Crippen molar-refractivity contribution in [1.82, 2.24) is 20.5 Å². The Morgan fingerprint density at radius 2 is 2.18 bits per heavy atom. The normalized spacial score (nSPS) is 27.6. The molecule has 3 heterocycles. The van der Waals surface area contributed by atoms with Gasteiger partial charge in [-0.2, -0.15) is 5.26 Å². The van der Waals surface area contributed by atoms with Crippen molar-refractivity contribution in [1.29, 1.82) is 5.26 Å². The van der Waals surface area contributed by atoms with Crippen LogP contribution in [0.15, 0.2) is 24.3 Å². The Morgan fingerprint density at radius 3 is 2.85 bits per heavy atom. The highest BCUT2D eigenvalue weighted by molar-refractivity contribution is 6.02. The minimum absolute atomic E-state index is 0.00224. The summed E-state index contributed by atoms with van der Waals surface area (Å²) in [5, 5.41) is 15.7. The predicted octanol–water partition coefficient (Wildman–Crippen LogP) is 1.35. The average Bonchev–Trinajstić information content (AvgIpc) is 3.33.